The molecule has 0 aromatic carbocycles. The summed E-state index contributed by atoms with van der Waals surface area (Å²) in [4.78, 5) is 14.3. The van der Waals surface area contributed by atoms with Gasteiger partial charge in [-0.25, -0.2) is 0 Å². The first-order valence-corrected chi connectivity index (χ1v) is 6.83. The van der Waals surface area contributed by atoms with Gasteiger partial charge in [0.05, 0.1) is 18.5 Å². The molecule has 19 heavy (non-hydrogen) atoms. The summed E-state index contributed by atoms with van der Waals surface area (Å²) in [5.41, 5.74) is 6.65. The Kier molecular flexibility index (Phi) is 5.82. The number of rotatable bonds is 7. The number of aliphatic hydroxyl groups is 1. The number of hydrogen-bond acceptors (Lipinski definition) is 4. The molecule has 0 fully saturated rings. The molecule has 1 aromatic heterocycles. The van der Waals surface area contributed by atoms with E-state index in [9.17, 15) is 9.90 Å². The third-order valence-corrected chi connectivity index (χ3v) is 3.35. The number of nitrogens with zero attached hydrogens (tertiary/aromatic N) is 3. The molecule has 0 radical (unpaired) electrons. The van der Waals surface area contributed by atoms with Gasteiger partial charge >= 0.3 is 0 Å². The van der Waals surface area contributed by atoms with E-state index in [0.29, 0.717) is 24.5 Å². The Morgan fingerprint density at radius 1 is 1.47 bits per heavy atom. The number of nitrogens with two attached hydrogens (primary N) is 1. The fourth-order valence-electron chi connectivity index (χ4n) is 2.30. The van der Waals surface area contributed by atoms with Crippen LogP contribution in [-0.2, 0) is 6.54 Å². The van der Waals surface area contributed by atoms with Gasteiger partial charge in [0.25, 0.3) is 5.91 Å². The maximum atomic E-state index is 12.6. The van der Waals surface area contributed by atoms with E-state index in [1.54, 1.807) is 9.58 Å². The second kappa shape index (κ2) is 7.13. The third kappa shape index (κ3) is 3.26. The first-order chi connectivity index (χ1) is 9.10. The van der Waals surface area contributed by atoms with Crippen molar-refractivity contribution in [2.45, 2.75) is 46.2 Å². The summed E-state index contributed by atoms with van der Waals surface area (Å²) in [6.07, 6.45) is 3.20. The van der Waals surface area contributed by atoms with Crippen LogP contribution in [-0.4, -0.2) is 44.9 Å². The number of hydrogen-bond donors (Lipinski definition) is 2. The summed E-state index contributed by atoms with van der Waals surface area (Å²) in [6.45, 7) is 6.84. The topological polar surface area (TPSA) is 84.4 Å². The Balaban J connectivity index is 3.08. The molecule has 108 valence electrons. The average Bonchev–Trinajstić information content (AvgIpc) is 2.79. The highest BCUT2D eigenvalue weighted by molar-refractivity contribution is 5.97. The van der Waals surface area contributed by atoms with Gasteiger partial charge in [0.2, 0.25) is 0 Å². The molecule has 0 saturated heterocycles. The van der Waals surface area contributed by atoms with Crippen molar-refractivity contribution in [1.82, 2.24) is 14.7 Å². The second-order valence-corrected chi connectivity index (χ2v) is 4.46. The van der Waals surface area contributed by atoms with Gasteiger partial charge in [-0.3, -0.25) is 9.48 Å². The normalized spacial score (nSPS) is 11.0. The number of carbonyl (C=O) groups excluding carboxylic acids is 1. The minimum atomic E-state index is -0.153. The fraction of sp³-hybridized carbons (Fsp3) is 0.692. The molecule has 0 aliphatic rings. The number of carbonyl (C=O) groups is 1. The highest BCUT2D eigenvalue weighted by Gasteiger charge is 2.26. The first kappa shape index (κ1) is 15.5. The smallest absolute Gasteiger partial charge is 0.274 e. The Labute approximate surface area is 114 Å². The Bertz CT molecular complexity index is 413. The van der Waals surface area contributed by atoms with Gasteiger partial charge in [-0.15, -0.1) is 0 Å². The number of anilines is 1. The van der Waals surface area contributed by atoms with Gasteiger partial charge in [-0.05, 0) is 19.8 Å². The van der Waals surface area contributed by atoms with Gasteiger partial charge in [0.15, 0.2) is 0 Å². The molecule has 1 heterocycles. The van der Waals surface area contributed by atoms with Crippen molar-refractivity contribution in [3.05, 3.63) is 11.9 Å². The maximum Gasteiger partial charge on any atom is 0.274 e. The number of aliphatic hydroxyl groups excluding tert-OH is 1. The fourth-order valence-corrected chi connectivity index (χ4v) is 2.30. The van der Waals surface area contributed by atoms with Crippen molar-refractivity contribution < 1.29 is 9.90 Å². The summed E-state index contributed by atoms with van der Waals surface area (Å²) in [7, 11) is 0. The van der Waals surface area contributed by atoms with E-state index in [0.717, 1.165) is 12.8 Å². The van der Waals surface area contributed by atoms with Crippen LogP contribution in [0.25, 0.3) is 0 Å². The zero-order chi connectivity index (χ0) is 14.4. The lowest BCUT2D eigenvalue weighted by atomic mass is 10.1. The Morgan fingerprint density at radius 3 is 2.58 bits per heavy atom. The van der Waals surface area contributed by atoms with Crippen LogP contribution in [0.5, 0.6) is 0 Å². The van der Waals surface area contributed by atoms with Crippen LogP contribution in [0.3, 0.4) is 0 Å². The van der Waals surface area contributed by atoms with Gasteiger partial charge in [-0.1, -0.05) is 13.8 Å². The molecule has 0 atom stereocenters. The average molecular weight is 268 g/mol. The molecule has 6 heteroatoms. The number of amides is 1. The maximum absolute atomic E-state index is 12.6. The van der Waals surface area contributed by atoms with E-state index >= 15 is 0 Å². The second-order valence-electron chi connectivity index (χ2n) is 4.46. The van der Waals surface area contributed by atoms with E-state index in [1.807, 2.05) is 20.8 Å². The van der Waals surface area contributed by atoms with Crippen molar-refractivity contribution >= 4 is 11.6 Å². The Morgan fingerprint density at radius 2 is 2.11 bits per heavy atom. The molecule has 3 N–H and O–H groups in total. The summed E-state index contributed by atoms with van der Waals surface area (Å²) >= 11 is 0. The molecular weight excluding hydrogens is 244 g/mol. The predicted octanol–water partition coefficient (Wildman–Crippen LogP) is 1.11. The summed E-state index contributed by atoms with van der Waals surface area (Å²) in [5.74, 6) is -0.153. The van der Waals surface area contributed by atoms with Crippen molar-refractivity contribution in [2.75, 3.05) is 18.9 Å². The molecule has 1 rings (SSSR count). The molecule has 1 aromatic rings. The molecular formula is C13H24N4O2. The minimum absolute atomic E-state index is 0.0532. The van der Waals surface area contributed by atoms with Crippen LogP contribution in [0.1, 0.15) is 44.1 Å². The SMILES string of the molecule is CCC(CC)N(CCO)C(=O)c1c(N)cnn1CC. The van der Waals surface area contributed by atoms with E-state index in [-0.39, 0.29) is 18.6 Å². The highest BCUT2D eigenvalue weighted by Crippen LogP contribution is 2.18. The van der Waals surface area contributed by atoms with E-state index in [4.69, 9.17) is 5.73 Å². The number of nitrogen functional groups attached to an aromatic ring is 1. The van der Waals surface area contributed by atoms with E-state index in [1.165, 1.54) is 6.20 Å². The number of aromatic nitrogens is 2. The van der Waals surface area contributed by atoms with Crippen LogP contribution >= 0.6 is 0 Å². The highest BCUT2D eigenvalue weighted by atomic mass is 16.3. The van der Waals surface area contributed by atoms with Crippen LogP contribution in [0.4, 0.5) is 5.69 Å². The molecule has 0 saturated carbocycles. The lowest BCUT2D eigenvalue weighted by Crippen LogP contribution is -2.42. The molecule has 0 unspecified atom stereocenters. The number of aryl methyl sites for hydroxylation is 1. The van der Waals surface area contributed by atoms with Crippen molar-refractivity contribution in [2.24, 2.45) is 0 Å². The Hall–Kier alpha value is -1.56. The molecule has 6 nitrogen and oxygen atoms in total. The van der Waals surface area contributed by atoms with Crippen molar-refractivity contribution in [3.63, 3.8) is 0 Å². The molecule has 0 spiro atoms. The lowest BCUT2D eigenvalue weighted by molar-refractivity contribution is 0.0611. The minimum Gasteiger partial charge on any atom is -0.396 e. The van der Waals surface area contributed by atoms with Crippen LogP contribution in [0.2, 0.25) is 0 Å². The van der Waals surface area contributed by atoms with Gasteiger partial charge in [0, 0.05) is 19.1 Å². The standard InChI is InChI=1S/C13H24N4O2/c1-4-10(5-2)16(7-8-18)13(19)12-11(14)9-15-17(12)6-3/h9-10,18H,4-8,14H2,1-3H3. The first-order valence-electron chi connectivity index (χ1n) is 6.83. The summed E-state index contributed by atoms with van der Waals surface area (Å²) < 4.78 is 1.60. The quantitative estimate of drug-likeness (QED) is 0.775. The van der Waals surface area contributed by atoms with E-state index < -0.39 is 0 Å². The summed E-state index contributed by atoms with van der Waals surface area (Å²) in [5, 5.41) is 13.3. The van der Waals surface area contributed by atoms with Crippen molar-refractivity contribution in [3.8, 4) is 0 Å². The molecule has 0 bridgehead atoms. The van der Waals surface area contributed by atoms with Gasteiger partial charge < -0.3 is 15.7 Å². The third-order valence-electron chi connectivity index (χ3n) is 3.35. The van der Waals surface area contributed by atoms with Crippen LogP contribution < -0.4 is 5.73 Å². The van der Waals surface area contributed by atoms with Gasteiger partial charge in [-0.2, -0.15) is 5.10 Å². The zero-order valence-corrected chi connectivity index (χ0v) is 12.0. The lowest BCUT2D eigenvalue weighted by Gasteiger charge is -2.30. The molecule has 1 amide bonds. The monoisotopic (exact) mass is 268 g/mol. The summed E-state index contributed by atoms with van der Waals surface area (Å²) in [6, 6.07) is 0.110. The largest absolute Gasteiger partial charge is 0.396 e. The predicted molar refractivity (Wildman–Crippen MR) is 74.8 cm³/mol. The zero-order valence-electron chi connectivity index (χ0n) is 12.0. The van der Waals surface area contributed by atoms with Crippen LogP contribution in [0, 0.1) is 0 Å². The molecule has 0 aliphatic heterocycles. The molecule has 0 aliphatic carbocycles. The van der Waals surface area contributed by atoms with Crippen molar-refractivity contribution in [1.29, 1.82) is 0 Å². The van der Waals surface area contributed by atoms with Gasteiger partial charge in [0.1, 0.15) is 5.69 Å². The van der Waals surface area contributed by atoms with Crippen LogP contribution in [0.15, 0.2) is 6.20 Å². The van der Waals surface area contributed by atoms with E-state index in [2.05, 4.69) is 5.10 Å².